The Morgan fingerprint density at radius 3 is 1.68 bits per heavy atom. The van der Waals surface area contributed by atoms with Crippen LogP contribution in [0.2, 0.25) is 0 Å². The summed E-state index contributed by atoms with van der Waals surface area (Å²) in [6.07, 6.45) is 0.828. The highest BCUT2D eigenvalue weighted by Gasteiger charge is 2.11. The van der Waals surface area contributed by atoms with Crippen molar-refractivity contribution >= 4 is 17.7 Å². The van der Waals surface area contributed by atoms with Gasteiger partial charge in [0.2, 0.25) is 17.7 Å². The molecule has 0 aromatic rings. The number of hydrogen-bond donors (Lipinski definition) is 3. The van der Waals surface area contributed by atoms with Crippen LogP contribution in [0.3, 0.4) is 0 Å². The van der Waals surface area contributed by atoms with E-state index in [4.69, 9.17) is 5.73 Å². The van der Waals surface area contributed by atoms with Crippen molar-refractivity contribution in [3.05, 3.63) is 0 Å². The lowest BCUT2D eigenvalue weighted by Crippen LogP contribution is -2.44. The Bertz CT molecular complexity index is 285. The summed E-state index contributed by atoms with van der Waals surface area (Å²) in [6.45, 7) is 5.01. The van der Waals surface area contributed by atoms with E-state index < -0.39 is 0 Å². The van der Waals surface area contributed by atoms with Crippen LogP contribution in [0, 0.1) is 0 Å². The minimum Gasteiger partial charge on any atom is -0.354 e. The predicted octanol–water partition coefficient (Wildman–Crippen LogP) is -1.17. The van der Waals surface area contributed by atoms with Crippen molar-refractivity contribution in [1.82, 2.24) is 15.5 Å². The number of nitrogens with one attached hydrogen (secondary N) is 2. The van der Waals surface area contributed by atoms with Gasteiger partial charge in [-0.1, -0.05) is 13.8 Å². The molecule has 19 heavy (non-hydrogen) atoms. The largest absolute Gasteiger partial charge is 0.354 e. The molecule has 0 aromatic heterocycles. The molecule has 0 aromatic carbocycles. The minimum absolute atomic E-state index is 0.0561. The summed E-state index contributed by atoms with van der Waals surface area (Å²) in [6, 6.07) is 0. The normalized spacial score (nSPS) is 9.84. The zero-order chi connectivity index (χ0) is 14.7. The van der Waals surface area contributed by atoms with Gasteiger partial charge in [0, 0.05) is 39.0 Å². The number of nitrogens with zero attached hydrogens (tertiary/aromatic N) is 1. The maximum atomic E-state index is 11.6. The van der Waals surface area contributed by atoms with E-state index in [0.29, 0.717) is 39.0 Å². The first-order chi connectivity index (χ1) is 9.04. The van der Waals surface area contributed by atoms with Gasteiger partial charge in [0.05, 0.1) is 6.54 Å². The lowest BCUT2D eigenvalue weighted by atomic mass is 10.4. The number of amides is 3. The van der Waals surface area contributed by atoms with Gasteiger partial charge >= 0.3 is 0 Å². The molecule has 0 spiro atoms. The van der Waals surface area contributed by atoms with Gasteiger partial charge in [-0.2, -0.15) is 0 Å². The Balaban J connectivity index is 4.06. The SMILES string of the molecule is CCC(=O)NCCN(CCNC(=O)CC)C(=O)CN. The fraction of sp³-hybridized carbons (Fsp3) is 0.750. The Morgan fingerprint density at radius 1 is 0.947 bits per heavy atom. The van der Waals surface area contributed by atoms with Crippen molar-refractivity contribution < 1.29 is 14.4 Å². The summed E-state index contributed by atoms with van der Waals surface area (Å²) in [5.41, 5.74) is 5.32. The average Bonchev–Trinajstić information content (AvgIpc) is 2.44. The zero-order valence-electron chi connectivity index (χ0n) is 11.7. The van der Waals surface area contributed by atoms with E-state index in [1.165, 1.54) is 4.90 Å². The smallest absolute Gasteiger partial charge is 0.236 e. The second-order valence-electron chi connectivity index (χ2n) is 3.99. The molecule has 7 heteroatoms. The summed E-state index contributed by atoms with van der Waals surface area (Å²) in [4.78, 5) is 35.3. The van der Waals surface area contributed by atoms with E-state index >= 15 is 0 Å². The lowest BCUT2D eigenvalue weighted by molar-refractivity contribution is -0.130. The predicted molar refractivity (Wildman–Crippen MR) is 72.2 cm³/mol. The van der Waals surface area contributed by atoms with Gasteiger partial charge in [-0.05, 0) is 0 Å². The second-order valence-corrected chi connectivity index (χ2v) is 3.99. The molecule has 0 atom stereocenters. The number of carbonyl (C=O) groups is 3. The van der Waals surface area contributed by atoms with Crippen molar-refractivity contribution in [2.75, 3.05) is 32.7 Å². The molecular weight excluding hydrogens is 248 g/mol. The van der Waals surface area contributed by atoms with Crippen molar-refractivity contribution in [3.63, 3.8) is 0 Å². The molecule has 0 unspecified atom stereocenters. The van der Waals surface area contributed by atoms with Crippen LogP contribution >= 0.6 is 0 Å². The number of rotatable bonds is 9. The molecule has 0 radical (unpaired) electrons. The molecule has 0 aliphatic rings. The second kappa shape index (κ2) is 10.3. The molecule has 0 aliphatic heterocycles. The van der Waals surface area contributed by atoms with Crippen molar-refractivity contribution in [3.8, 4) is 0 Å². The van der Waals surface area contributed by atoms with Crippen LogP contribution in [0.4, 0.5) is 0 Å². The van der Waals surface area contributed by atoms with Crippen LogP contribution in [0.15, 0.2) is 0 Å². The minimum atomic E-state index is -0.198. The number of nitrogens with two attached hydrogens (primary N) is 1. The van der Waals surface area contributed by atoms with Gasteiger partial charge in [0.15, 0.2) is 0 Å². The molecule has 4 N–H and O–H groups in total. The molecule has 110 valence electrons. The Kier molecular flexibility index (Phi) is 9.42. The van der Waals surface area contributed by atoms with Crippen LogP contribution in [0.1, 0.15) is 26.7 Å². The third-order valence-corrected chi connectivity index (χ3v) is 2.58. The van der Waals surface area contributed by atoms with Crippen LogP contribution in [0.5, 0.6) is 0 Å². The monoisotopic (exact) mass is 272 g/mol. The molecule has 0 rings (SSSR count). The third kappa shape index (κ3) is 8.15. The van der Waals surface area contributed by atoms with Crippen LogP contribution < -0.4 is 16.4 Å². The highest BCUT2D eigenvalue weighted by molar-refractivity contribution is 5.79. The van der Waals surface area contributed by atoms with E-state index in [1.54, 1.807) is 13.8 Å². The first kappa shape index (κ1) is 17.4. The van der Waals surface area contributed by atoms with E-state index in [2.05, 4.69) is 10.6 Å². The quantitative estimate of drug-likeness (QED) is 0.491. The summed E-state index contributed by atoms with van der Waals surface area (Å²) >= 11 is 0. The molecule has 0 saturated carbocycles. The van der Waals surface area contributed by atoms with Gasteiger partial charge in [-0.3, -0.25) is 14.4 Å². The summed E-state index contributed by atoms with van der Waals surface area (Å²) < 4.78 is 0. The first-order valence-electron chi connectivity index (χ1n) is 6.56. The molecule has 0 aliphatic carbocycles. The van der Waals surface area contributed by atoms with Gasteiger partial charge < -0.3 is 21.3 Å². The summed E-state index contributed by atoms with van der Waals surface area (Å²) in [7, 11) is 0. The molecule has 0 heterocycles. The topological polar surface area (TPSA) is 105 Å². The van der Waals surface area contributed by atoms with Crippen molar-refractivity contribution in [2.45, 2.75) is 26.7 Å². The number of carbonyl (C=O) groups excluding carboxylic acids is 3. The standard InChI is InChI=1S/C12H24N4O3/c1-3-10(17)14-5-7-16(12(19)9-13)8-6-15-11(18)4-2/h3-9,13H2,1-2H3,(H,14,17)(H,15,18). The van der Waals surface area contributed by atoms with E-state index in [1.807, 2.05) is 0 Å². The number of hydrogen-bond acceptors (Lipinski definition) is 4. The van der Waals surface area contributed by atoms with Crippen molar-refractivity contribution in [1.29, 1.82) is 0 Å². The zero-order valence-corrected chi connectivity index (χ0v) is 11.7. The van der Waals surface area contributed by atoms with Crippen LogP contribution in [-0.4, -0.2) is 55.3 Å². The van der Waals surface area contributed by atoms with Gasteiger partial charge in [-0.25, -0.2) is 0 Å². The van der Waals surface area contributed by atoms with E-state index in [0.717, 1.165) is 0 Å². The first-order valence-corrected chi connectivity index (χ1v) is 6.56. The average molecular weight is 272 g/mol. The highest BCUT2D eigenvalue weighted by Crippen LogP contribution is 1.88. The molecule has 0 bridgehead atoms. The fourth-order valence-corrected chi connectivity index (χ4v) is 1.40. The molecule has 3 amide bonds. The van der Waals surface area contributed by atoms with Gasteiger partial charge in [-0.15, -0.1) is 0 Å². The Labute approximate surface area is 113 Å². The molecule has 0 fully saturated rings. The van der Waals surface area contributed by atoms with Crippen LogP contribution in [0.25, 0.3) is 0 Å². The van der Waals surface area contributed by atoms with E-state index in [-0.39, 0.29) is 24.3 Å². The Morgan fingerprint density at radius 2 is 1.37 bits per heavy atom. The maximum Gasteiger partial charge on any atom is 0.236 e. The van der Waals surface area contributed by atoms with Crippen LogP contribution in [-0.2, 0) is 14.4 Å². The van der Waals surface area contributed by atoms with Crippen molar-refractivity contribution in [2.24, 2.45) is 5.73 Å². The summed E-state index contributed by atoms with van der Waals surface area (Å²) in [5, 5.41) is 5.38. The third-order valence-electron chi connectivity index (χ3n) is 2.58. The fourth-order valence-electron chi connectivity index (χ4n) is 1.40. The van der Waals surface area contributed by atoms with E-state index in [9.17, 15) is 14.4 Å². The Hall–Kier alpha value is -1.63. The molecule has 7 nitrogen and oxygen atoms in total. The molecule has 0 saturated heterocycles. The van der Waals surface area contributed by atoms with Gasteiger partial charge in [0.25, 0.3) is 0 Å². The molecular formula is C12H24N4O3. The summed E-state index contributed by atoms with van der Waals surface area (Å²) in [5.74, 6) is -0.310. The van der Waals surface area contributed by atoms with Gasteiger partial charge in [0.1, 0.15) is 0 Å². The lowest BCUT2D eigenvalue weighted by Gasteiger charge is -2.22. The highest BCUT2D eigenvalue weighted by atomic mass is 16.2. The maximum absolute atomic E-state index is 11.6.